The number of hydrogen-bond donors (Lipinski definition) is 9. The van der Waals surface area contributed by atoms with Crippen LogP contribution < -0.4 is 33.6 Å². The number of nitrogens with one attached hydrogen (secondary N) is 4. The second kappa shape index (κ2) is 11.9. The Labute approximate surface area is 108 Å². The van der Waals surface area contributed by atoms with Crippen LogP contribution in [0.2, 0.25) is 0 Å². The van der Waals surface area contributed by atoms with E-state index in [1.807, 2.05) is 0 Å². The molecule has 12 nitrogen and oxygen atoms in total. The molecule has 0 aromatic carbocycles. The van der Waals surface area contributed by atoms with Gasteiger partial charge in [0.1, 0.15) is 6.54 Å². The molecule has 110 valence electrons. The van der Waals surface area contributed by atoms with Crippen LogP contribution in [0.5, 0.6) is 0 Å². The maximum Gasteiger partial charge on any atom is 0.325 e. The Kier molecular flexibility index (Phi) is 11.7. The molecule has 0 unspecified atom stereocenters. The zero-order chi connectivity index (χ0) is 15.3. The number of rotatable bonds is 5. The molecule has 0 saturated heterocycles. The van der Waals surface area contributed by atoms with Gasteiger partial charge < -0.3 is 21.3 Å². The van der Waals surface area contributed by atoms with Crippen LogP contribution in [0, 0.1) is 5.41 Å². The lowest BCUT2D eigenvalue weighted by atomic mass is 10.4. The van der Waals surface area contributed by atoms with Crippen LogP contribution in [0.3, 0.4) is 0 Å². The summed E-state index contributed by atoms with van der Waals surface area (Å²) in [5.74, 6) is 7.59. The quantitative estimate of drug-likeness (QED) is 0.103. The lowest BCUT2D eigenvalue weighted by Crippen LogP contribution is -2.45. The average molecular weight is 278 g/mol. The minimum absolute atomic E-state index is 0.0143. The Balaban J connectivity index is 0. The van der Waals surface area contributed by atoms with Gasteiger partial charge in [-0.25, -0.2) is 16.7 Å². The van der Waals surface area contributed by atoms with Crippen LogP contribution in [0.4, 0.5) is 0 Å². The van der Waals surface area contributed by atoms with Gasteiger partial charge in [0.2, 0.25) is 5.96 Å². The Morgan fingerprint density at radius 1 is 1.16 bits per heavy atom. The van der Waals surface area contributed by atoms with Crippen molar-refractivity contribution in [2.45, 2.75) is 6.42 Å². The first-order chi connectivity index (χ1) is 8.83. The predicted octanol–water partition coefficient (Wildman–Crippen LogP) is -3.70. The number of aliphatic imine (C=N–C) groups is 1. The summed E-state index contributed by atoms with van der Waals surface area (Å²) in [5, 5.41) is 25.2. The molecule has 0 rings (SSSR count). The maximum atomic E-state index is 9.89. The predicted molar refractivity (Wildman–Crippen MR) is 66.8 cm³/mol. The number of hydrazine groups is 2. The van der Waals surface area contributed by atoms with Gasteiger partial charge in [0.15, 0.2) is 5.96 Å². The largest absolute Gasteiger partial charge is 0.481 e. The first-order valence-electron chi connectivity index (χ1n) is 4.82. The van der Waals surface area contributed by atoms with Gasteiger partial charge in [0.05, 0.1) is 6.42 Å². The number of hydrogen-bond acceptors (Lipinski definition) is 6. The smallest absolute Gasteiger partial charge is 0.325 e. The number of carboxylic acid groups (broad SMARTS) is 2. The minimum atomic E-state index is -1.05. The molecule has 0 spiro atoms. The van der Waals surface area contributed by atoms with E-state index in [0.717, 1.165) is 0 Å². The Hall–Kier alpha value is -2.60. The van der Waals surface area contributed by atoms with Gasteiger partial charge in [-0.15, -0.1) is 0 Å². The van der Waals surface area contributed by atoms with Crippen molar-refractivity contribution >= 4 is 23.9 Å². The van der Waals surface area contributed by atoms with Crippen molar-refractivity contribution < 1.29 is 19.8 Å². The van der Waals surface area contributed by atoms with Crippen molar-refractivity contribution in [2.75, 3.05) is 13.1 Å². The van der Waals surface area contributed by atoms with E-state index in [4.69, 9.17) is 33.0 Å². The molecule has 0 amide bonds. The zero-order valence-electron chi connectivity index (χ0n) is 10.0. The Bertz CT molecular complexity index is 311. The molecule has 0 atom stereocenters. The van der Waals surface area contributed by atoms with Gasteiger partial charge in [0.25, 0.3) is 0 Å². The summed E-state index contributed by atoms with van der Waals surface area (Å²) in [6.07, 6.45) is -0.0143. The van der Waals surface area contributed by atoms with Gasteiger partial charge in [-0.05, 0) is 0 Å². The van der Waals surface area contributed by atoms with Crippen LogP contribution in [-0.4, -0.2) is 47.2 Å². The number of carbonyl (C=O) groups is 2. The molecule has 12 heteroatoms. The summed E-state index contributed by atoms with van der Waals surface area (Å²) in [5.41, 5.74) is 8.97. The number of aliphatic carboxylic acids is 2. The summed E-state index contributed by atoms with van der Waals surface area (Å²) in [6, 6.07) is 0. The van der Waals surface area contributed by atoms with Crippen LogP contribution >= 0.6 is 0 Å². The molecule has 0 aliphatic carbocycles. The summed E-state index contributed by atoms with van der Waals surface area (Å²) in [4.78, 5) is 23.1. The molecule has 0 radical (unpaired) electrons. The van der Waals surface area contributed by atoms with E-state index in [1.165, 1.54) is 0 Å². The van der Waals surface area contributed by atoms with Crippen molar-refractivity contribution in [2.24, 2.45) is 22.4 Å². The van der Waals surface area contributed by atoms with Crippen molar-refractivity contribution in [3.8, 4) is 0 Å². The normalized spacial score (nSPS) is 8.32. The first kappa shape index (κ1) is 18.8. The number of nitrogens with two attached hydrogens (primary N) is 3. The van der Waals surface area contributed by atoms with Crippen LogP contribution in [0.15, 0.2) is 4.99 Å². The van der Waals surface area contributed by atoms with Gasteiger partial charge in [-0.2, -0.15) is 0 Å². The highest BCUT2D eigenvalue weighted by Gasteiger charge is 1.95. The summed E-state index contributed by atoms with van der Waals surface area (Å²) in [6.45, 7) is -0.158. The third-order valence-corrected chi connectivity index (χ3v) is 1.30. The lowest BCUT2D eigenvalue weighted by molar-refractivity contribution is -0.137. The van der Waals surface area contributed by atoms with Gasteiger partial charge in [0, 0.05) is 6.54 Å². The van der Waals surface area contributed by atoms with E-state index < -0.39 is 11.9 Å². The average Bonchev–Trinajstić information content (AvgIpc) is 2.29. The van der Waals surface area contributed by atoms with E-state index >= 15 is 0 Å². The molecule has 12 N–H and O–H groups in total. The molecular formula is C7H18N8O4. The number of nitrogens with zero attached hydrogens (tertiary/aromatic N) is 1. The Morgan fingerprint density at radius 2 is 1.68 bits per heavy atom. The molecule has 0 bridgehead atoms. The lowest BCUT2D eigenvalue weighted by Gasteiger charge is -2.00. The standard InChI is InChI=1S/C4H9N3O2.C3H9N5O2/c5-4(6)7-2-1-3(8)9;4-7-3(8-5)6-1-2(9)10/h1-2H2,(H,8,9)(H4,5,6,7);1,4-5H2,(H,9,10)(H2,6,7,8). The third kappa shape index (κ3) is 18.0. The van der Waals surface area contributed by atoms with Crippen LogP contribution in [0.25, 0.3) is 0 Å². The number of carboxylic acids is 2. The molecule has 0 heterocycles. The van der Waals surface area contributed by atoms with Gasteiger partial charge in [-0.3, -0.25) is 25.8 Å². The van der Waals surface area contributed by atoms with Crippen molar-refractivity contribution in [1.82, 2.24) is 16.2 Å². The highest BCUT2D eigenvalue weighted by Crippen LogP contribution is 1.72. The fourth-order valence-electron chi connectivity index (χ4n) is 0.584. The van der Waals surface area contributed by atoms with E-state index in [2.05, 4.69) is 21.2 Å². The van der Waals surface area contributed by atoms with Crippen molar-refractivity contribution in [1.29, 1.82) is 5.41 Å². The monoisotopic (exact) mass is 278 g/mol. The van der Waals surface area contributed by atoms with E-state index in [0.29, 0.717) is 0 Å². The molecule has 0 aromatic heterocycles. The topological polar surface area (TPSA) is 225 Å². The summed E-state index contributed by atoms with van der Waals surface area (Å²) in [7, 11) is 0. The maximum absolute atomic E-state index is 9.89. The molecule has 0 saturated carbocycles. The second-order valence-electron chi connectivity index (χ2n) is 2.83. The van der Waals surface area contributed by atoms with E-state index in [-0.39, 0.29) is 31.4 Å². The van der Waals surface area contributed by atoms with Crippen molar-refractivity contribution in [3.63, 3.8) is 0 Å². The molecular weight excluding hydrogens is 260 g/mol. The van der Waals surface area contributed by atoms with Crippen LogP contribution in [0.1, 0.15) is 6.42 Å². The molecule has 0 aromatic rings. The van der Waals surface area contributed by atoms with Gasteiger partial charge in [-0.1, -0.05) is 0 Å². The third-order valence-electron chi connectivity index (χ3n) is 1.30. The molecule has 19 heavy (non-hydrogen) atoms. The molecule has 0 aliphatic heterocycles. The number of guanidine groups is 2. The second-order valence-corrected chi connectivity index (χ2v) is 2.83. The highest BCUT2D eigenvalue weighted by atomic mass is 16.4. The molecule has 0 aliphatic rings. The fourth-order valence-corrected chi connectivity index (χ4v) is 0.584. The van der Waals surface area contributed by atoms with Crippen LogP contribution in [-0.2, 0) is 9.59 Å². The summed E-state index contributed by atoms with van der Waals surface area (Å²) >= 11 is 0. The highest BCUT2D eigenvalue weighted by molar-refractivity contribution is 5.81. The van der Waals surface area contributed by atoms with Gasteiger partial charge >= 0.3 is 11.9 Å². The van der Waals surface area contributed by atoms with Crippen molar-refractivity contribution in [3.05, 3.63) is 0 Å². The first-order valence-corrected chi connectivity index (χ1v) is 4.82. The SMILES string of the molecule is N=C(N)NCCC(=O)O.NNC(=NCC(=O)O)NN. The fraction of sp³-hybridized carbons (Fsp3) is 0.429. The molecule has 0 fully saturated rings. The van der Waals surface area contributed by atoms with E-state index in [1.54, 1.807) is 0 Å². The summed E-state index contributed by atoms with van der Waals surface area (Å²) < 4.78 is 0. The van der Waals surface area contributed by atoms with E-state index in [9.17, 15) is 9.59 Å². The zero-order valence-corrected chi connectivity index (χ0v) is 10.0. The minimum Gasteiger partial charge on any atom is -0.481 e. The Morgan fingerprint density at radius 3 is 2.00 bits per heavy atom.